The molecule has 1 aromatic carbocycles. The van der Waals surface area contributed by atoms with E-state index in [0.29, 0.717) is 13.0 Å². The van der Waals surface area contributed by atoms with E-state index in [-0.39, 0.29) is 6.04 Å². The summed E-state index contributed by atoms with van der Waals surface area (Å²) in [6.45, 7) is 2.57. The molecular formula is C13H17NO. The van der Waals surface area contributed by atoms with Crippen LogP contribution < -0.4 is 10.5 Å². The van der Waals surface area contributed by atoms with E-state index in [4.69, 9.17) is 16.9 Å². The molecule has 0 aliphatic heterocycles. The number of terminal acetylenes is 1. The van der Waals surface area contributed by atoms with Crippen molar-refractivity contribution in [2.75, 3.05) is 6.61 Å². The minimum absolute atomic E-state index is 0.193. The molecule has 1 atom stereocenters. The van der Waals surface area contributed by atoms with Crippen LogP contribution in [0, 0.1) is 12.3 Å². The van der Waals surface area contributed by atoms with Crippen molar-refractivity contribution in [1.29, 1.82) is 0 Å². The van der Waals surface area contributed by atoms with Crippen LogP contribution in [-0.4, -0.2) is 12.6 Å². The molecule has 1 unspecified atom stereocenters. The third-order valence-electron chi connectivity index (χ3n) is 2.00. The highest BCUT2D eigenvalue weighted by Crippen LogP contribution is 2.13. The predicted octanol–water partition coefficient (Wildman–Crippen LogP) is 1.98. The molecule has 0 radical (unpaired) electrons. The van der Waals surface area contributed by atoms with E-state index in [1.54, 1.807) is 0 Å². The Morgan fingerprint density at radius 2 is 2.07 bits per heavy atom. The summed E-state index contributed by atoms with van der Waals surface area (Å²) < 4.78 is 5.43. The molecule has 0 aliphatic carbocycles. The fourth-order valence-electron chi connectivity index (χ4n) is 1.32. The second-order valence-corrected chi connectivity index (χ2v) is 3.63. The van der Waals surface area contributed by atoms with Gasteiger partial charge in [-0.2, -0.15) is 0 Å². The molecule has 0 aliphatic rings. The Kier molecular flexibility index (Phi) is 4.73. The molecule has 0 saturated carbocycles. The zero-order valence-corrected chi connectivity index (χ0v) is 9.07. The van der Waals surface area contributed by atoms with Gasteiger partial charge in [0.05, 0.1) is 6.61 Å². The van der Waals surface area contributed by atoms with Gasteiger partial charge < -0.3 is 10.5 Å². The molecule has 2 N–H and O–H groups in total. The highest BCUT2D eigenvalue weighted by molar-refractivity contribution is 5.27. The average Bonchev–Trinajstić information content (AvgIpc) is 2.20. The summed E-state index contributed by atoms with van der Waals surface area (Å²) >= 11 is 0. The van der Waals surface area contributed by atoms with Gasteiger partial charge in [0.1, 0.15) is 5.75 Å². The second-order valence-electron chi connectivity index (χ2n) is 3.63. The number of benzene rings is 1. The molecule has 2 nitrogen and oxygen atoms in total. The Labute approximate surface area is 91.4 Å². The highest BCUT2D eigenvalue weighted by Gasteiger charge is 1.98. The molecule has 0 amide bonds. The smallest absolute Gasteiger partial charge is 0.119 e. The first-order valence-electron chi connectivity index (χ1n) is 5.13. The van der Waals surface area contributed by atoms with Gasteiger partial charge in [-0.3, -0.25) is 0 Å². The fraction of sp³-hybridized carbons (Fsp3) is 0.385. The molecule has 0 fully saturated rings. The number of hydrogen-bond donors (Lipinski definition) is 1. The van der Waals surface area contributed by atoms with Crippen LogP contribution >= 0.6 is 0 Å². The van der Waals surface area contributed by atoms with Gasteiger partial charge in [-0.15, -0.1) is 12.3 Å². The Balaban J connectivity index is 2.46. The van der Waals surface area contributed by atoms with E-state index in [1.165, 1.54) is 5.56 Å². The summed E-state index contributed by atoms with van der Waals surface area (Å²) in [5.74, 6) is 3.39. The summed E-state index contributed by atoms with van der Waals surface area (Å²) in [6, 6.07) is 8.17. The predicted molar refractivity (Wildman–Crippen MR) is 62.7 cm³/mol. The normalized spacial score (nSPS) is 11.8. The molecule has 2 heteroatoms. The van der Waals surface area contributed by atoms with Crippen molar-refractivity contribution in [2.45, 2.75) is 25.8 Å². The molecule has 80 valence electrons. The van der Waals surface area contributed by atoms with Gasteiger partial charge in [-0.25, -0.2) is 0 Å². The minimum atomic E-state index is 0.193. The van der Waals surface area contributed by atoms with Gasteiger partial charge in [0.15, 0.2) is 0 Å². The van der Waals surface area contributed by atoms with Crippen LogP contribution in [0.15, 0.2) is 24.3 Å². The topological polar surface area (TPSA) is 35.2 Å². The maximum atomic E-state index is 5.71. The van der Waals surface area contributed by atoms with Crippen molar-refractivity contribution in [1.82, 2.24) is 0 Å². The SMILES string of the molecule is C#CCCOc1ccc(CC(C)N)cc1. The molecule has 0 spiro atoms. The second kappa shape index (κ2) is 6.10. The van der Waals surface area contributed by atoms with Gasteiger partial charge in [0.25, 0.3) is 0 Å². The van der Waals surface area contributed by atoms with Gasteiger partial charge in [0.2, 0.25) is 0 Å². The van der Waals surface area contributed by atoms with E-state index in [9.17, 15) is 0 Å². The molecular weight excluding hydrogens is 186 g/mol. The number of rotatable bonds is 5. The van der Waals surface area contributed by atoms with Crippen LogP contribution in [0.25, 0.3) is 0 Å². The lowest BCUT2D eigenvalue weighted by Crippen LogP contribution is -2.17. The Bertz CT molecular complexity index is 321. The van der Waals surface area contributed by atoms with Crippen LogP contribution in [0.3, 0.4) is 0 Å². The van der Waals surface area contributed by atoms with Crippen LogP contribution in [0.5, 0.6) is 5.75 Å². The zero-order valence-electron chi connectivity index (χ0n) is 9.07. The summed E-state index contributed by atoms with van der Waals surface area (Å²) in [7, 11) is 0. The monoisotopic (exact) mass is 203 g/mol. The summed E-state index contributed by atoms with van der Waals surface area (Å²) in [6.07, 6.45) is 6.66. The summed E-state index contributed by atoms with van der Waals surface area (Å²) in [4.78, 5) is 0. The summed E-state index contributed by atoms with van der Waals surface area (Å²) in [5.41, 5.74) is 6.94. The lowest BCUT2D eigenvalue weighted by atomic mass is 10.1. The molecule has 0 bridgehead atoms. The molecule has 0 saturated heterocycles. The van der Waals surface area contributed by atoms with Gasteiger partial charge >= 0.3 is 0 Å². The summed E-state index contributed by atoms with van der Waals surface area (Å²) in [5, 5.41) is 0. The standard InChI is InChI=1S/C13H17NO/c1-3-4-9-15-13-7-5-12(6-8-13)10-11(2)14/h1,5-8,11H,4,9-10,14H2,2H3. The van der Waals surface area contributed by atoms with Crippen LogP contribution in [0.1, 0.15) is 18.9 Å². The van der Waals surface area contributed by atoms with E-state index in [1.807, 2.05) is 31.2 Å². The number of ether oxygens (including phenoxy) is 1. The van der Waals surface area contributed by atoms with Gasteiger partial charge in [-0.05, 0) is 31.0 Å². The van der Waals surface area contributed by atoms with Crippen LogP contribution in [-0.2, 0) is 6.42 Å². The lowest BCUT2D eigenvalue weighted by Gasteiger charge is -2.07. The minimum Gasteiger partial charge on any atom is -0.493 e. The molecule has 0 aromatic heterocycles. The van der Waals surface area contributed by atoms with E-state index in [0.717, 1.165) is 12.2 Å². The van der Waals surface area contributed by atoms with Crippen molar-refractivity contribution in [3.8, 4) is 18.1 Å². The third kappa shape index (κ3) is 4.53. The largest absolute Gasteiger partial charge is 0.493 e. The molecule has 0 heterocycles. The van der Waals surface area contributed by atoms with E-state index < -0.39 is 0 Å². The Hall–Kier alpha value is -1.46. The average molecular weight is 203 g/mol. The quantitative estimate of drug-likeness (QED) is 0.586. The van der Waals surface area contributed by atoms with Crippen LogP contribution in [0.4, 0.5) is 0 Å². The molecule has 1 rings (SSSR count). The van der Waals surface area contributed by atoms with Gasteiger partial charge in [-0.1, -0.05) is 12.1 Å². The number of nitrogens with two attached hydrogens (primary N) is 1. The maximum Gasteiger partial charge on any atom is 0.119 e. The Morgan fingerprint density at radius 3 is 2.60 bits per heavy atom. The highest BCUT2D eigenvalue weighted by atomic mass is 16.5. The Morgan fingerprint density at radius 1 is 1.40 bits per heavy atom. The van der Waals surface area contributed by atoms with Crippen molar-refractivity contribution in [2.24, 2.45) is 5.73 Å². The van der Waals surface area contributed by atoms with Crippen molar-refractivity contribution < 1.29 is 4.74 Å². The first-order chi connectivity index (χ1) is 7.22. The molecule has 15 heavy (non-hydrogen) atoms. The van der Waals surface area contributed by atoms with E-state index in [2.05, 4.69) is 5.92 Å². The van der Waals surface area contributed by atoms with Crippen LogP contribution in [0.2, 0.25) is 0 Å². The van der Waals surface area contributed by atoms with Crippen molar-refractivity contribution in [3.63, 3.8) is 0 Å². The molecule has 1 aromatic rings. The zero-order chi connectivity index (χ0) is 11.1. The third-order valence-corrected chi connectivity index (χ3v) is 2.00. The van der Waals surface area contributed by atoms with Crippen molar-refractivity contribution >= 4 is 0 Å². The fourth-order valence-corrected chi connectivity index (χ4v) is 1.32. The first-order valence-corrected chi connectivity index (χ1v) is 5.13. The van der Waals surface area contributed by atoms with Crippen molar-refractivity contribution in [3.05, 3.63) is 29.8 Å². The van der Waals surface area contributed by atoms with Gasteiger partial charge in [0, 0.05) is 12.5 Å². The lowest BCUT2D eigenvalue weighted by molar-refractivity contribution is 0.327. The number of hydrogen-bond acceptors (Lipinski definition) is 2. The first kappa shape index (κ1) is 11.6. The van der Waals surface area contributed by atoms with E-state index >= 15 is 0 Å². The maximum absolute atomic E-state index is 5.71.